The molecule has 0 radical (unpaired) electrons. The predicted octanol–water partition coefficient (Wildman–Crippen LogP) is 14.2. The molecule has 0 saturated carbocycles. The largest absolute Gasteiger partial charge is 0.135 e. The van der Waals surface area contributed by atoms with Gasteiger partial charge in [-0.05, 0) is 95.7 Å². The van der Waals surface area contributed by atoms with Gasteiger partial charge >= 0.3 is 0 Å². The lowest BCUT2D eigenvalue weighted by molar-refractivity contribution is 0.867. The van der Waals surface area contributed by atoms with E-state index < -0.39 is 0 Å². The molecule has 0 nitrogen and oxygen atoms in total. The maximum atomic E-state index is 2.43. The first kappa shape index (κ1) is 28.7. The van der Waals surface area contributed by atoms with Crippen molar-refractivity contribution in [2.45, 2.75) is 19.8 Å². The molecule has 9 aromatic rings. The molecule has 0 aliphatic carbocycles. The average molecular weight is 631 g/mol. The fourth-order valence-corrected chi connectivity index (χ4v) is 8.70. The Morgan fingerprint density at radius 1 is 0.375 bits per heavy atom. The summed E-state index contributed by atoms with van der Waals surface area (Å²) in [5.41, 5.74) is 11.4. The van der Waals surface area contributed by atoms with E-state index >= 15 is 0 Å². The molecule has 0 aliphatic rings. The molecule has 1 heterocycles. The lowest BCUT2D eigenvalue weighted by atomic mass is 9.84. The van der Waals surface area contributed by atoms with E-state index in [1.54, 1.807) is 0 Å². The summed E-state index contributed by atoms with van der Waals surface area (Å²) in [5.74, 6) is 0.491. The van der Waals surface area contributed by atoms with Gasteiger partial charge in [0.25, 0.3) is 0 Å². The maximum absolute atomic E-state index is 2.43. The van der Waals surface area contributed by atoms with E-state index in [2.05, 4.69) is 178 Å². The molecule has 228 valence electrons. The van der Waals surface area contributed by atoms with Crippen LogP contribution < -0.4 is 0 Å². The molecule has 0 atom stereocenters. The first-order chi connectivity index (χ1) is 23.6. The van der Waals surface area contributed by atoms with Gasteiger partial charge in [-0.1, -0.05) is 159 Å². The van der Waals surface area contributed by atoms with Crippen molar-refractivity contribution in [1.82, 2.24) is 0 Å². The van der Waals surface area contributed by atoms with Gasteiger partial charge in [-0.25, -0.2) is 0 Å². The standard InChI is InChI=1S/C47H34S/c1-30(2)31-22-24-33(25-23-31)46-40-18-7-6-17-39(40)45(32-12-4-3-5-13-32)41-27-26-35(29-43(41)46)34-14-10-15-36(28-34)37-19-11-20-42-38-16-8-9-21-44(38)48-47(37)42/h3-30H,1-2H3. The second kappa shape index (κ2) is 11.6. The van der Waals surface area contributed by atoms with Gasteiger partial charge in [-0.2, -0.15) is 0 Å². The number of hydrogen-bond acceptors (Lipinski definition) is 1. The van der Waals surface area contributed by atoms with Crippen LogP contribution in [0.3, 0.4) is 0 Å². The minimum absolute atomic E-state index is 0.491. The molecule has 0 bridgehead atoms. The Morgan fingerprint density at radius 3 is 1.69 bits per heavy atom. The van der Waals surface area contributed by atoms with Crippen LogP contribution >= 0.6 is 11.3 Å². The average Bonchev–Trinajstić information content (AvgIpc) is 3.53. The first-order valence-electron chi connectivity index (χ1n) is 16.8. The van der Waals surface area contributed by atoms with E-state index in [0.29, 0.717) is 5.92 Å². The minimum Gasteiger partial charge on any atom is -0.135 e. The van der Waals surface area contributed by atoms with Crippen molar-refractivity contribution in [3.05, 3.63) is 169 Å². The van der Waals surface area contributed by atoms with Crippen LogP contribution in [0.15, 0.2) is 164 Å². The molecule has 0 unspecified atom stereocenters. The van der Waals surface area contributed by atoms with Gasteiger partial charge in [0.1, 0.15) is 0 Å². The summed E-state index contributed by atoms with van der Waals surface area (Å²) in [4.78, 5) is 0. The maximum Gasteiger partial charge on any atom is 0.0433 e. The van der Waals surface area contributed by atoms with Crippen LogP contribution in [-0.4, -0.2) is 0 Å². The molecule has 0 fully saturated rings. The second-order valence-electron chi connectivity index (χ2n) is 13.1. The van der Waals surface area contributed by atoms with Crippen LogP contribution in [0.2, 0.25) is 0 Å². The monoisotopic (exact) mass is 630 g/mol. The van der Waals surface area contributed by atoms with E-state index in [0.717, 1.165) is 0 Å². The molecular formula is C47H34S. The number of benzene rings is 8. The lowest BCUT2D eigenvalue weighted by Crippen LogP contribution is -1.93. The van der Waals surface area contributed by atoms with Gasteiger partial charge < -0.3 is 0 Å². The van der Waals surface area contributed by atoms with Gasteiger partial charge in [0, 0.05) is 20.2 Å². The SMILES string of the molecule is CC(C)c1ccc(-c2c3ccccc3c(-c3ccccc3)c3ccc(-c4cccc(-c5cccc6c5sc5ccccc56)c4)cc23)cc1. The van der Waals surface area contributed by atoms with Crippen LogP contribution in [0, 0.1) is 0 Å². The topological polar surface area (TPSA) is 0 Å². The van der Waals surface area contributed by atoms with Gasteiger partial charge in [-0.15, -0.1) is 11.3 Å². The van der Waals surface area contributed by atoms with Gasteiger partial charge in [0.15, 0.2) is 0 Å². The molecular weight excluding hydrogens is 597 g/mol. The van der Waals surface area contributed by atoms with Gasteiger partial charge in [0.2, 0.25) is 0 Å². The van der Waals surface area contributed by atoms with Crippen molar-refractivity contribution in [3.63, 3.8) is 0 Å². The van der Waals surface area contributed by atoms with Gasteiger partial charge in [-0.3, -0.25) is 0 Å². The van der Waals surface area contributed by atoms with Gasteiger partial charge in [0.05, 0.1) is 0 Å². The molecule has 0 N–H and O–H groups in total. The minimum atomic E-state index is 0.491. The summed E-state index contributed by atoms with van der Waals surface area (Å²) in [6.45, 7) is 4.52. The quantitative estimate of drug-likeness (QED) is 0.166. The second-order valence-corrected chi connectivity index (χ2v) is 14.1. The highest BCUT2D eigenvalue weighted by atomic mass is 32.1. The Bertz CT molecular complexity index is 2620. The molecule has 0 saturated heterocycles. The van der Waals surface area contributed by atoms with Crippen LogP contribution in [0.25, 0.3) is 86.2 Å². The Labute approximate surface area is 285 Å². The van der Waals surface area contributed by atoms with Crippen LogP contribution in [-0.2, 0) is 0 Å². The molecule has 48 heavy (non-hydrogen) atoms. The highest BCUT2D eigenvalue weighted by Gasteiger charge is 2.18. The van der Waals surface area contributed by atoms with Crippen molar-refractivity contribution in [1.29, 1.82) is 0 Å². The van der Waals surface area contributed by atoms with Crippen molar-refractivity contribution < 1.29 is 0 Å². The summed E-state index contributed by atoms with van der Waals surface area (Å²) in [7, 11) is 0. The first-order valence-corrected chi connectivity index (χ1v) is 17.6. The molecule has 8 aromatic carbocycles. The Kier molecular flexibility index (Phi) is 6.95. The summed E-state index contributed by atoms with van der Waals surface area (Å²) < 4.78 is 2.68. The smallest absolute Gasteiger partial charge is 0.0433 e. The fraction of sp³-hybridized carbons (Fsp3) is 0.0638. The highest BCUT2D eigenvalue weighted by molar-refractivity contribution is 7.26. The molecule has 0 spiro atoms. The Hall–Kier alpha value is -5.50. The molecule has 9 rings (SSSR count). The van der Waals surface area contributed by atoms with E-state index in [-0.39, 0.29) is 0 Å². The van der Waals surface area contributed by atoms with E-state index in [4.69, 9.17) is 0 Å². The van der Waals surface area contributed by atoms with Crippen molar-refractivity contribution in [3.8, 4) is 44.5 Å². The molecule has 0 amide bonds. The fourth-order valence-electron chi connectivity index (χ4n) is 7.46. The molecule has 1 aromatic heterocycles. The zero-order valence-electron chi connectivity index (χ0n) is 27.1. The van der Waals surface area contributed by atoms with Crippen LogP contribution in [0.4, 0.5) is 0 Å². The third kappa shape index (κ3) is 4.74. The normalized spacial score (nSPS) is 11.7. The number of fused-ring (bicyclic) bond motifs is 5. The number of hydrogen-bond donors (Lipinski definition) is 0. The summed E-state index contributed by atoms with van der Waals surface area (Å²) in [6.07, 6.45) is 0. The van der Waals surface area contributed by atoms with Crippen molar-refractivity contribution in [2.24, 2.45) is 0 Å². The highest BCUT2D eigenvalue weighted by Crippen LogP contribution is 2.46. The Balaban J connectivity index is 1.28. The lowest BCUT2D eigenvalue weighted by Gasteiger charge is -2.19. The third-order valence-electron chi connectivity index (χ3n) is 9.86. The van der Waals surface area contributed by atoms with Crippen molar-refractivity contribution >= 4 is 53.1 Å². The van der Waals surface area contributed by atoms with E-state index in [1.165, 1.54) is 91.8 Å². The molecule has 1 heteroatoms. The predicted molar refractivity (Wildman–Crippen MR) is 210 cm³/mol. The molecule has 0 aliphatic heterocycles. The third-order valence-corrected chi connectivity index (χ3v) is 11.1. The van der Waals surface area contributed by atoms with Crippen LogP contribution in [0.5, 0.6) is 0 Å². The zero-order chi connectivity index (χ0) is 32.2. The number of thiophene rings is 1. The summed E-state index contributed by atoms with van der Waals surface area (Å²) in [5, 5.41) is 7.78. The summed E-state index contributed by atoms with van der Waals surface area (Å²) >= 11 is 1.89. The van der Waals surface area contributed by atoms with Crippen molar-refractivity contribution in [2.75, 3.05) is 0 Å². The number of rotatable bonds is 5. The summed E-state index contributed by atoms with van der Waals surface area (Å²) in [6, 6.07) is 60.7. The zero-order valence-corrected chi connectivity index (χ0v) is 27.9. The van der Waals surface area contributed by atoms with Crippen LogP contribution in [0.1, 0.15) is 25.3 Å². The van der Waals surface area contributed by atoms with E-state index in [9.17, 15) is 0 Å². The Morgan fingerprint density at radius 2 is 0.917 bits per heavy atom. The van der Waals surface area contributed by atoms with E-state index in [1.807, 2.05) is 11.3 Å².